The highest BCUT2D eigenvalue weighted by Crippen LogP contribution is 2.60. The number of nitriles is 1. The molecule has 0 radical (unpaired) electrons. The molecule has 7 aromatic carbocycles. The molecule has 0 unspecified atom stereocenters. The fraction of sp³-hybridized carbons (Fsp3) is 0. The van der Waals surface area contributed by atoms with E-state index in [1.807, 2.05) is 18.2 Å². The highest BCUT2D eigenvalue weighted by atomic mass is 14.4. The van der Waals surface area contributed by atoms with Crippen LogP contribution in [0, 0.1) is 11.3 Å². The molecule has 7 aromatic rings. The molecule has 194 valence electrons. The normalized spacial score (nSPS) is 11.3. The van der Waals surface area contributed by atoms with Crippen LogP contribution in [0.2, 0.25) is 0 Å². The van der Waals surface area contributed by atoms with Crippen molar-refractivity contribution in [1.29, 1.82) is 5.26 Å². The van der Waals surface area contributed by atoms with Gasteiger partial charge in [0.1, 0.15) is 0 Å². The molecule has 0 fully saturated rings. The molecule has 0 bridgehead atoms. The third kappa shape index (κ3) is 3.63. The van der Waals surface area contributed by atoms with Gasteiger partial charge in [0.2, 0.25) is 0 Å². The smallest absolute Gasteiger partial charge is 0.0991 e. The summed E-state index contributed by atoms with van der Waals surface area (Å²) in [5.74, 6) is 0. The van der Waals surface area contributed by atoms with Crippen molar-refractivity contribution in [2.24, 2.45) is 0 Å². The van der Waals surface area contributed by atoms with Gasteiger partial charge in [-0.2, -0.15) is 5.26 Å². The molecule has 1 aliphatic carbocycles. The van der Waals surface area contributed by atoms with E-state index in [1.165, 1.54) is 55.3 Å². The quantitative estimate of drug-likeness (QED) is 0.222. The topological polar surface area (TPSA) is 23.8 Å². The minimum absolute atomic E-state index is 0.651. The second-order valence-corrected chi connectivity index (χ2v) is 10.7. The lowest BCUT2D eigenvalue weighted by molar-refractivity contribution is 1.48. The maximum atomic E-state index is 9.94. The average Bonchev–Trinajstić information content (AvgIpc) is 3.40. The van der Waals surface area contributed by atoms with Gasteiger partial charge >= 0.3 is 0 Å². The van der Waals surface area contributed by atoms with Crippen LogP contribution in [0.4, 0.5) is 0 Å². The Labute approximate surface area is 245 Å². The molecule has 0 aromatic heterocycles. The highest BCUT2D eigenvalue weighted by molar-refractivity contribution is 6.25. The number of nitrogens with zero attached hydrogens (tertiary/aromatic N) is 1. The summed E-state index contributed by atoms with van der Waals surface area (Å²) in [4.78, 5) is 0. The Kier molecular flexibility index (Phi) is 5.59. The lowest BCUT2D eigenvalue weighted by atomic mass is 9.76. The van der Waals surface area contributed by atoms with Crippen molar-refractivity contribution in [1.82, 2.24) is 0 Å². The van der Waals surface area contributed by atoms with Gasteiger partial charge in [0.25, 0.3) is 0 Å². The summed E-state index contributed by atoms with van der Waals surface area (Å²) in [5.41, 5.74) is 15.0. The third-order valence-electron chi connectivity index (χ3n) is 8.41. The number of hydrogen-bond acceptors (Lipinski definition) is 1. The van der Waals surface area contributed by atoms with Crippen molar-refractivity contribution in [2.45, 2.75) is 0 Å². The number of rotatable bonds is 4. The molecule has 0 saturated heterocycles. The zero-order valence-electron chi connectivity index (χ0n) is 22.9. The molecule has 0 amide bonds. The Morgan fingerprint density at radius 1 is 0.357 bits per heavy atom. The molecule has 0 heterocycles. The van der Waals surface area contributed by atoms with E-state index >= 15 is 0 Å². The summed E-state index contributed by atoms with van der Waals surface area (Å²) in [6.07, 6.45) is 0. The Morgan fingerprint density at radius 3 is 1.24 bits per heavy atom. The Hall–Kier alpha value is -5.71. The summed E-state index contributed by atoms with van der Waals surface area (Å²) >= 11 is 0. The van der Waals surface area contributed by atoms with E-state index in [2.05, 4.69) is 140 Å². The first-order chi connectivity index (χ1) is 20.8. The Bertz CT molecular complexity index is 2160. The Balaban J connectivity index is 1.69. The van der Waals surface area contributed by atoms with Gasteiger partial charge in [0.05, 0.1) is 11.6 Å². The van der Waals surface area contributed by atoms with Gasteiger partial charge in [0, 0.05) is 0 Å². The van der Waals surface area contributed by atoms with Crippen LogP contribution in [0.15, 0.2) is 152 Å². The molecule has 1 nitrogen and oxygen atoms in total. The summed E-state index contributed by atoms with van der Waals surface area (Å²) < 4.78 is 0. The van der Waals surface area contributed by atoms with Crippen LogP contribution >= 0.6 is 0 Å². The molecular formula is C41H25N. The van der Waals surface area contributed by atoms with Crippen LogP contribution in [0.25, 0.3) is 77.5 Å². The maximum Gasteiger partial charge on any atom is 0.0991 e. The minimum atomic E-state index is 0.651. The molecule has 0 spiro atoms. The lowest BCUT2D eigenvalue weighted by Crippen LogP contribution is -1.99. The van der Waals surface area contributed by atoms with Crippen molar-refractivity contribution in [3.8, 4) is 72.8 Å². The number of hydrogen-bond donors (Lipinski definition) is 0. The number of fused-ring (bicyclic) bond motifs is 3. The van der Waals surface area contributed by atoms with E-state index in [0.29, 0.717) is 5.56 Å². The van der Waals surface area contributed by atoms with Gasteiger partial charge in [-0.25, -0.2) is 0 Å². The van der Waals surface area contributed by atoms with Crippen molar-refractivity contribution < 1.29 is 0 Å². The predicted molar refractivity (Wildman–Crippen MR) is 175 cm³/mol. The SMILES string of the molecule is N#Cc1cccc(-c2c(-c3ccccc3)c(-c3ccccc3)c3c(c2-c2ccccc2)-c2cccc4cccc-3c24)c1. The van der Waals surface area contributed by atoms with Crippen molar-refractivity contribution >= 4 is 10.8 Å². The van der Waals surface area contributed by atoms with Crippen LogP contribution in [0.3, 0.4) is 0 Å². The van der Waals surface area contributed by atoms with Crippen LogP contribution in [-0.2, 0) is 0 Å². The molecule has 0 N–H and O–H groups in total. The Morgan fingerprint density at radius 2 is 0.762 bits per heavy atom. The first-order valence-corrected chi connectivity index (χ1v) is 14.3. The van der Waals surface area contributed by atoms with Crippen molar-refractivity contribution in [3.63, 3.8) is 0 Å². The van der Waals surface area contributed by atoms with Crippen LogP contribution in [0.1, 0.15) is 5.56 Å². The summed E-state index contributed by atoms with van der Waals surface area (Å²) in [6, 6.07) is 56.1. The molecule has 0 saturated carbocycles. The van der Waals surface area contributed by atoms with E-state index < -0.39 is 0 Å². The maximum absolute atomic E-state index is 9.94. The summed E-state index contributed by atoms with van der Waals surface area (Å²) in [7, 11) is 0. The second kappa shape index (κ2) is 9.73. The monoisotopic (exact) mass is 531 g/mol. The van der Waals surface area contributed by atoms with Crippen LogP contribution < -0.4 is 0 Å². The summed E-state index contributed by atoms with van der Waals surface area (Å²) in [5, 5.41) is 12.5. The van der Waals surface area contributed by atoms with Gasteiger partial charge in [-0.15, -0.1) is 0 Å². The molecule has 1 aliphatic rings. The van der Waals surface area contributed by atoms with Crippen LogP contribution in [0.5, 0.6) is 0 Å². The van der Waals surface area contributed by atoms with Gasteiger partial charge in [-0.05, 0) is 89.7 Å². The zero-order valence-corrected chi connectivity index (χ0v) is 22.9. The lowest BCUT2D eigenvalue weighted by Gasteiger charge is -2.26. The minimum Gasteiger partial charge on any atom is -0.192 e. The van der Waals surface area contributed by atoms with Crippen LogP contribution in [-0.4, -0.2) is 0 Å². The van der Waals surface area contributed by atoms with E-state index in [1.54, 1.807) is 0 Å². The molecule has 8 rings (SSSR count). The zero-order chi connectivity index (χ0) is 28.0. The van der Waals surface area contributed by atoms with Gasteiger partial charge < -0.3 is 0 Å². The molecule has 42 heavy (non-hydrogen) atoms. The first kappa shape index (κ1) is 24.1. The molecule has 1 heteroatoms. The molecule has 0 aliphatic heterocycles. The largest absolute Gasteiger partial charge is 0.192 e. The van der Waals surface area contributed by atoms with Gasteiger partial charge in [-0.3, -0.25) is 0 Å². The average molecular weight is 532 g/mol. The summed E-state index contributed by atoms with van der Waals surface area (Å²) in [6.45, 7) is 0. The standard InChI is InChI=1S/C41H25N/c42-26-27-13-10-22-32(25-27)39-36(29-14-4-1-5-15-29)37(30-16-6-2-7-17-30)40-33-23-11-20-28-21-12-24-34(35(28)33)41(40)38(39)31-18-8-3-9-19-31/h1-25H. The molecule has 0 atom stereocenters. The van der Waals surface area contributed by atoms with E-state index in [0.717, 1.165) is 22.3 Å². The van der Waals surface area contributed by atoms with Gasteiger partial charge in [-0.1, -0.05) is 140 Å². The van der Waals surface area contributed by atoms with Crippen molar-refractivity contribution in [2.75, 3.05) is 0 Å². The number of benzene rings is 7. The molecular weight excluding hydrogens is 506 g/mol. The highest BCUT2D eigenvalue weighted by Gasteiger charge is 2.33. The van der Waals surface area contributed by atoms with E-state index in [4.69, 9.17) is 0 Å². The first-order valence-electron chi connectivity index (χ1n) is 14.3. The fourth-order valence-corrected chi connectivity index (χ4v) is 6.76. The van der Waals surface area contributed by atoms with Crippen molar-refractivity contribution in [3.05, 3.63) is 157 Å². The second-order valence-electron chi connectivity index (χ2n) is 10.7. The van der Waals surface area contributed by atoms with E-state index in [-0.39, 0.29) is 0 Å². The fourth-order valence-electron chi connectivity index (χ4n) is 6.76. The third-order valence-corrected chi connectivity index (χ3v) is 8.41. The predicted octanol–water partition coefficient (Wildman–Crippen LogP) is 11.0. The van der Waals surface area contributed by atoms with Gasteiger partial charge in [0.15, 0.2) is 0 Å². The van der Waals surface area contributed by atoms with E-state index in [9.17, 15) is 5.26 Å².